The number of hydrogen-bond acceptors (Lipinski definition) is 4. The average Bonchev–Trinajstić information content (AvgIpc) is 3.06. The fraction of sp³-hybridized carbons (Fsp3) is 0.389. The van der Waals surface area contributed by atoms with Crippen LogP contribution in [0.2, 0.25) is 5.02 Å². The Morgan fingerprint density at radius 1 is 1.25 bits per heavy atom. The molecule has 1 saturated heterocycles. The maximum atomic E-state index is 12.3. The Kier molecular flexibility index (Phi) is 5.64. The first-order valence-corrected chi connectivity index (χ1v) is 8.54. The zero-order chi connectivity index (χ0) is 16.8. The highest BCUT2D eigenvalue weighted by Gasteiger charge is 2.27. The molecule has 2 heterocycles. The molecule has 5 nitrogen and oxygen atoms in total. The van der Waals surface area contributed by atoms with Gasteiger partial charge in [-0.25, -0.2) is 9.97 Å². The molecule has 0 spiro atoms. The first-order chi connectivity index (χ1) is 11.7. The van der Waals surface area contributed by atoms with E-state index < -0.39 is 0 Å². The Labute approximate surface area is 146 Å². The third-order valence-electron chi connectivity index (χ3n) is 4.07. The van der Waals surface area contributed by atoms with Gasteiger partial charge in [-0.1, -0.05) is 41.9 Å². The number of likely N-dealkylation sites (tertiary alicyclic amines) is 1. The second kappa shape index (κ2) is 8.11. The summed E-state index contributed by atoms with van der Waals surface area (Å²) in [6.45, 7) is 1.32. The molecule has 1 atom stereocenters. The van der Waals surface area contributed by atoms with Gasteiger partial charge < -0.3 is 9.64 Å². The Morgan fingerprint density at radius 2 is 2.00 bits per heavy atom. The van der Waals surface area contributed by atoms with E-state index in [1.54, 1.807) is 0 Å². The van der Waals surface area contributed by atoms with Gasteiger partial charge in [0.25, 0.3) is 0 Å². The van der Waals surface area contributed by atoms with Gasteiger partial charge in [0.05, 0.1) is 24.0 Å². The van der Waals surface area contributed by atoms with Crippen LogP contribution < -0.4 is 4.74 Å². The monoisotopic (exact) mass is 345 g/mol. The van der Waals surface area contributed by atoms with Gasteiger partial charge in [-0.05, 0) is 18.4 Å². The fourth-order valence-corrected chi connectivity index (χ4v) is 2.91. The summed E-state index contributed by atoms with van der Waals surface area (Å²) in [4.78, 5) is 22.2. The lowest BCUT2D eigenvalue weighted by molar-refractivity contribution is -0.130. The SMILES string of the molecule is O=C(CCCc1ccccc1)N1CC[C@@H](Oc2ncc(Cl)cn2)C1. The summed E-state index contributed by atoms with van der Waals surface area (Å²) >= 11 is 5.75. The molecule has 0 unspecified atom stereocenters. The zero-order valence-corrected chi connectivity index (χ0v) is 14.2. The maximum Gasteiger partial charge on any atom is 0.316 e. The van der Waals surface area contributed by atoms with Crippen molar-refractivity contribution in [3.8, 4) is 6.01 Å². The van der Waals surface area contributed by atoms with E-state index in [9.17, 15) is 4.79 Å². The molecule has 0 saturated carbocycles. The van der Waals surface area contributed by atoms with Crippen molar-refractivity contribution in [3.05, 3.63) is 53.3 Å². The van der Waals surface area contributed by atoms with Crippen molar-refractivity contribution in [2.75, 3.05) is 13.1 Å². The van der Waals surface area contributed by atoms with E-state index >= 15 is 0 Å². The fourth-order valence-electron chi connectivity index (χ4n) is 2.81. The normalized spacial score (nSPS) is 17.0. The molecule has 0 bridgehead atoms. The van der Waals surface area contributed by atoms with Crippen molar-refractivity contribution < 1.29 is 9.53 Å². The van der Waals surface area contributed by atoms with Crippen molar-refractivity contribution in [1.82, 2.24) is 14.9 Å². The van der Waals surface area contributed by atoms with Crippen LogP contribution in [0.25, 0.3) is 0 Å². The summed E-state index contributed by atoms with van der Waals surface area (Å²) in [5, 5.41) is 0.476. The number of aryl methyl sites for hydroxylation is 1. The minimum absolute atomic E-state index is 0.0516. The predicted octanol–water partition coefficient (Wildman–Crippen LogP) is 3.13. The summed E-state index contributed by atoms with van der Waals surface area (Å²) in [5.41, 5.74) is 1.27. The van der Waals surface area contributed by atoms with E-state index in [0.717, 1.165) is 25.8 Å². The van der Waals surface area contributed by atoms with Gasteiger partial charge in [0.2, 0.25) is 5.91 Å². The summed E-state index contributed by atoms with van der Waals surface area (Å²) in [6, 6.07) is 10.6. The lowest BCUT2D eigenvalue weighted by Crippen LogP contribution is -2.31. The third kappa shape index (κ3) is 4.68. The van der Waals surface area contributed by atoms with Crippen LogP contribution in [0.15, 0.2) is 42.7 Å². The molecule has 24 heavy (non-hydrogen) atoms. The molecule has 3 rings (SSSR count). The Morgan fingerprint density at radius 3 is 2.75 bits per heavy atom. The van der Waals surface area contributed by atoms with E-state index in [1.165, 1.54) is 18.0 Å². The molecule has 0 aliphatic carbocycles. The summed E-state index contributed by atoms with van der Waals surface area (Å²) in [5.74, 6) is 0.189. The minimum Gasteiger partial charge on any atom is -0.458 e. The van der Waals surface area contributed by atoms with E-state index in [0.29, 0.717) is 24.0 Å². The molecule has 1 aromatic carbocycles. The smallest absolute Gasteiger partial charge is 0.316 e. The lowest BCUT2D eigenvalue weighted by atomic mass is 10.1. The van der Waals surface area contributed by atoms with Crippen molar-refractivity contribution in [3.63, 3.8) is 0 Å². The summed E-state index contributed by atoms with van der Waals surface area (Å²) in [6.07, 6.45) is 6.13. The molecule has 1 amide bonds. The topological polar surface area (TPSA) is 55.3 Å². The van der Waals surface area contributed by atoms with Crippen LogP contribution in [-0.2, 0) is 11.2 Å². The van der Waals surface area contributed by atoms with E-state index in [1.807, 2.05) is 23.1 Å². The number of rotatable bonds is 6. The summed E-state index contributed by atoms with van der Waals surface area (Å²) < 4.78 is 5.71. The van der Waals surface area contributed by atoms with Crippen molar-refractivity contribution in [2.45, 2.75) is 31.8 Å². The Bertz CT molecular complexity index is 664. The van der Waals surface area contributed by atoms with Gasteiger partial charge in [-0.2, -0.15) is 0 Å². The standard InChI is InChI=1S/C18H20ClN3O2/c19-15-11-20-18(21-12-15)24-16-9-10-22(13-16)17(23)8-4-7-14-5-2-1-3-6-14/h1-3,5-6,11-12,16H,4,7-10,13H2/t16-/m1/s1. The molecule has 6 heteroatoms. The second-order valence-corrected chi connectivity index (χ2v) is 6.33. The first-order valence-electron chi connectivity index (χ1n) is 8.16. The van der Waals surface area contributed by atoms with Crippen LogP contribution in [-0.4, -0.2) is 40.0 Å². The molecular weight excluding hydrogens is 326 g/mol. The molecule has 1 aliphatic rings. The first kappa shape index (κ1) is 16.7. The Hall–Kier alpha value is -2.14. The Balaban J connectivity index is 1.41. The number of halogens is 1. The van der Waals surface area contributed by atoms with Crippen LogP contribution in [0.5, 0.6) is 6.01 Å². The number of nitrogens with zero attached hydrogens (tertiary/aromatic N) is 3. The minimum atomic E-state index is -0.0516. The molecule has 0 radical (unpaired) electrons. The largest absolute Gasteiger partial charge is 0.458 e. The van der Waals surface area contributed by atoms with Crippen LogP contribution >= 0.6 is 11.6 Å². The van der Waals surface area contributed by atoms with Crippen molar-refractivity contribution in [1.29, 1.82) is 0 Å². The maximum absolute atomic E-state index is 12.3. The van der Waals surface area contributed by atoms with Crippen molar-refractivity contribution >= 4 is 17.5 Å². The van der Waals surface area contributed by atoms with E-state index in [-0.39, 0.29) is 12.0 Å². The number of aromatic nitrogens is 2. The molecule has 1 aromatic heterocycles. The highest BCUT2D eigenvalue weighted by molar-refractivity contribution is 6.30. The molecule has 126 valence electrons. The number of hydrogen-bond donors (Lipinski definition) is 0. The van der Waals surface area contributed by atoms with E-state index in [4.69, 9.17) is 16.3 Å². The van der Waals surface area contributed by atoms with Crippen LogP contribution in [0, 0.1) is 0 Å². The molecular formula is C18H20ClN3O2. The number of carbonyl (C=O) groups excluding carboxylic acids is 1. The third-order valence-corrected chi connectivity index (χ3v) is 4.26. The summed E-state index contributed by atoms with van der Waals surface area (Å²) in [7, 11) is 0. The highest BCUT2D eigenvalue weighted by Crippen LogP contribution is 2.17. The van der Waals surface area contributed by atoms with Gasteiger partial charge in [-0.15, -0.1) is 0 Å². The number of carbonyl (C=O) groups is 1. The van der Waals surface area contributed by atoms with Crippen molar-refractivity contribution in [2.24, 2.45) is 0 Å². The number of amides is 1. The van der Waals surface area contributed by atoms with Gasteiger partial charge in [0, 0.05) is 19.4 Å². The van der Waals surface area contributed by atoms with Gasteiger partial charge in [0.1, 0.15) is 6.10 Å². The number of benzene rings is 1. The highest BCUT2D eigenvalue weighted by atomic mass is 35.5. The van der Waals surface area contributed by atoms with Crippen LogP contribution in [0.1, 0.15) is 24.8 Å². The van der Waals surface area contributed by atoms with Gasteiger partial charge in [-0.3, -0.25) is 4.79 Å². The quantitative estimate of drug-likeness (QED) is 0.807. The van der Waals surface area contributed by atoms with Crippen LogP contribution in [0.4, 0.5) is 0 Å². The zero-order valence-electron chi connectivity index (χ0n) is 13.4. The van der Waals surface area contributed by atoms with Gasteiger partial charge in [0.15, 0.2) is 0 Å². The average molecular weight is 346 g/mol. The second-order valence-electron chi connectivity index (χ2n) is 5.89. The molecule has 2 aromatic rings. The van der Waals surface area contributed by atoms with E-state index in [2.05, 4.69) is 22.1 Å². The lowest BCUT2D eigenvalue weighted by Gasteiger charge is -2.16. The van der Waals surface area contributed by atoms with Gasteiger partial charge >= 0.3 is 6.01 Å². The molecule has 1 aliphatic heterocycles. The number of ether oxygens (including phenoxy) is 1. The molecule has 0 N–H and O–H groups in total. The molecule has 1 fully saturated rings. The van der Waals surface area contributed by atoms with Crippen LogP contribution in [0.3, 0.4) is 0 Å². The predicted molar refractivity (Wildman–Crippen MR) is 92.0 cm³/mol.